The van der Waals surface area contributed by atoms with Crippen molar-refractivity contribution in [2.75, 3.05) is 11.9 Å². The third-order valence-corrected chi connectivity index (χ3v) is 3.17. The maximum atomic E-state index is 11.8. The summed E-state index contributed by atoms with van der Waals surface area (Å²) < 4.78 is 6.01. The Hall–Kier alpha value is -0.740. The minimum atomic E-state index is -0.505. The van der Waals surface area contributed by atoms with Gasteiger partial charge in [0.1, 0.15) is 5.60 Å². The van der Waals surface area contributed by atoms with Gasteiger partial charge in [0, 0.05) is 17.2 Å². The zero-order chi connectivity index (χ0) is 13.2. The molecule has 0 saturated heterocycles. The van der Waals surface area contributed by atoms with Gasteiger partial charge in [-0.1, -0.05) is 11.6 Å². The van der Waals surface area contributed by atoms with Gasteiger partial charge < -0.3 is 4.74 Å². The van der Waals surface area contributed by atoms with Crippen molar-refractivity contribution in [2.45, 2.75) is 26.4 Å². The molecule has 94 valence electrons. The van der Waals surface area contributed by atoms with Gasteiger partial charge >= 0.3 is 6.09 Å². The molecule has 0 N–H and O–H groups in total. The van der Waals surface area contributed by atoms with Gasteiger partial charge in [0.2, 0.25) is 0 Å². The fraction of sp³-hybridized carbons (Fsp3) is 0.417. The predicted molar refractivity (Wildman–Crippen MR) is 73.8 cm³/mol. The molecule has 0 aliphatic carbocycles. The Morgan fingerprint density at radius 2 is 2.00 bits per heavy atom. The van der Waals surface area contributed by atoms with Crippen molar-refractivity contribution in [3.8, 4) is 0 Å². The SMILES string of the molecule is CN(C(=O)OC(C)(C)C)c1ccc(Cl)c(Br)c1. The van der Waals surface area contributed by atoms with Gasteiger partial charge in [-0.2, -0.15) is 0 Å². The molecule has 1 aromatic carbocycles. The molecule has 0 radical (unpaired) electrons. The molecular formula is C12H15BrClNO2. The van der Waals surface area contributed by atoms with Crippen molar-refractivity contribution in [1.82, 2.24) is 0 Å². The second-order valence-electron chi connectivity index (χ2n) is 4.64. The maximum Gasteiger partial charge on any atom is 0.414 e. The summed E-state index contributed by atoms with van der Waals surface area (Å²) in [5.41, 5.74) is 0.213. The van der Waals surface area contributed by atoms with E-state index in [2.05, 4.69) is 15.9 Å². The average Bonchev–Trinajstić information content (AvgIpc) is 2.18. The Morgan fingerprint density at radius 1 is 1.41 bits per heavy atom. The fourth-order valence-electron chi connectivity index (χ4n) is 1.13. The summed E-state index contributed by atoms with van der Waals surface area (Å²) in [5.74, 6) is 0. The Kier molecular flexibility index (Phi) is 4.44. The topological polar surface area (TPSA) is 29.5 Å². The van der Waals surface area contributed by atoms with Crippen LogP contribution >= 0.6 is 27.5 Å². The summed E-state index contributed by atoms with van der Waals surface area (Å²) in [6.45, 7) is 5.49. The van der Waals surface area contributed by atoms with Crippen molar-refractivity contribution >= 4 is 39.3 Å². The number of amides is 1. The molecule has 1 aromatic rings. The first-order valence-electron chi connectivity index (χ1n) is 5.12. The quantitative estimate of drug-likeness (QED) is 0.764. The van der Waals surface area contributed by atoms with Crippen LogP contribution in [0.4, 0.5) is 10.5 Å². The van der Waals surface area contributed by atoms with Crippen molar-refractivity contribution in [2.24, 2.45) is 0 Å². The first-order valence-corrected chi connectivity index (χ1v) is 6.29. The van der Waals surface area contributed by atoms with Crippen molar-refractivity contribution < 1.29 is 9.53 Å². The molecule has 1 rings (SSSR count). The normalized spacial score (nSPS) is 11.2. The number of ether oxygens (including phenoxy) is 1. The van der Waals surface area contributed by atoms with Crippen molar-refractivity contribution in [3.05, 3.63) is 27.7 Å². The lowest BCUT2D eigenvalue weighted by Gasteiger charge is -2.24. The highest BCUT2D eigenvalue weighted by atomic mass is 79.9. The number of carbonyl (C=O) groups excluding carboxylic acids is 1. The summed E-state index contributed by atoms with van der Waals surface area (Å²) >= 11 is 9.20. The van der Waals surface area contributed by atoms with Crippen LogP contribution in [0.2, 0.25) is 5.02 Å². The van der Waals surface area contributed by atoms with Gasteiger partial charge in [-0.05, 0) is 54.9 Å². The monoisotopic (exact) mass is 319 g/mol. The van der Waals surface area contributed by atoms with E-state index in [9.17, 15) is 4.79 Å². The van der Waals surface area contributed by atoms with Crippen LogP contribution in [0.25, 0.3) is 0 Å². The van der Waals surface area contributed by atoms with Crippen LogP contribution in [0, 0.1) is 0 Å². The van der Waals surface area contributed by atoms with Gasteiger partial charge in [-0.15, -0.1) is 0 Å². The molecule has 0 aromatic heterocycles. The zero-order valence-corrected chi connectivity index (χ0v) is 12.6. The first kappa shape index (κ1) is 14.3. The Bertz CT molecular complexity index is 429. The number of halogens is 2. The molecule has 0 aliphatic heterocycles. The third-order valence-electron chi connectivity index (χ3n) is 1.96. The number of rotatable bonds is 1. The highest BCUT2D eigenvalue weighted by Gasteiger charge is 2.20. The van der Waals surface area contributed by atoms with E-state index < -0.39 is 11.7 Å². The van der Waals surface area contributed by atoms with Crippen molar-refractivity contribution in [1.29, 1.82) is 0 Å². The van der Waals surface area contributed by atoms with E-state index in [1.165, 1.54) is 4.90 Å². The standard InChI is InChI=1S/C12H15BrClNO2/c1-12(2,3)17-11(16)15(4)8-5-6-10(14)9(13)7-8/h5-7H,1-4H3. The molecular weight excluding hydrogens is 305 g/mol. The van der Waals surface area contributed by atoms with E-state index in [1.54, 1.807) is 25.2 Å². The summed E-state index contributed by atoms with van der Waals surface area (Å²) in [7, 11) is 1.66. The third kappa shape index (κ3) is 4.21. The van der Waals surface area contributed by atoms with Crippen molar-refractivity contribution in [3.63, 3.8) is 0 Å². The lowest BCUT2D eigenvalue weighted by atomic mass is 10.2. The van der Waals surface area contributed by atoms with E-state index >= 15 is 0 Å². The van der Waals surface area contributed by atoms with Gasteiger partial charge in [-0.3, -0.25) is 4.90 Å². The second kappa shape index (κ2) is 5.27. The molecule has 0 aliphatic rings. The Balaban J connectivity index is 2.85. The van der Waals surface area contributed by atoms with E-state index in [0.717, 1.165) is 10.2 Å². The zero-order valence-electron chi connectivity index (χ0n) is 10.3. The second-order valence-corrected chi connectivity index (χ2v) is 5.90. The van der Waals surface area contributed by atoms with Gasteiger partial charge in [0.15, 0.2) is 0 Å². The average molecular weight is 321 g/mol. The Morgan fingerprint density at radius 3 is 2.47 bits per heavy atom. The summed E-state index contributed by atoms with van der Waals surface area (Å²) in [4.78, 5) is 13.2. The van der Waals surface area contributed by atoms with Crippen LogP contribution in [-0.4, -0.2) is 18.7 Å². The number of anilines is 1. The minimum Gasteiger partial charge on any atom is -0.443 e. The predicted octanol–water partition coefficient (Wildman–Crippen LogP) is 4.47. The molecule has 0 bridgehead atoms. The number of nitrogens with zero attached hydrogens (tertiary/aromatic N) is 1. The first-order chi connectivity index (χ1) is 7.70. The summed E-state index contributed by atoms with van der Waals surface area (Å²) in [6.07, 6.45) is -0.397. The van der Waals surface area contributed by atoms with Crippen LogP contribution in [0.1, 0.15) is 20.8 Å². The molecule has 0 saturated carbocycles. The van der Waals surface area contributed by atoms with Gasteiger partial charge in [0.25, 0.3) is 0 Å². The molecule has 0 atom stereocenters. The number of hydrogen-bond donors (Lipinski definition) is 0. The minimum absolute atomic E-state index is 0.397. The van der Waals surface area contributed by atoms with Gasteiger partial charge in [0.05, 0.1) is 5.02 Å². The van der Waals surface area contributed by atoms with Crippen LogP contribution in [-0.2, 0) is 4.74 Å². The molecule has 0 heterocycles. The van der Waals surface area contributed by atoms with Gasteiger partial charge in [-0.25, -0.2) is 4.79 Å². The molecule has 0 fully saturated rings. The molecule has 5 heteroatoms. The molecule has 3 nitrogen and oxygen atoms in total. The Labute approximate surface area is 115 Å². The van der Waals surface area contributed by atoms with Crippen LogP contribution in [0.15, 0.2) is 22.7 Å². The van der Waals surface area contributed by atoms with Crippen LogP contribution < -0.4 is 4.90 Å². The lowest BCUT2D eigenvalue weighted by molar-refractivity contribution is 0.0589. The number of benzene rings is 1. The van der Waals surface area contributed by atoms with E-state index in [4.69, 9.17) is 16.3 Å². The van der Waals surface area contributed by atoms with E-state index in [1.807, 2.05) is 20.8 Å². The highest BCUT2D eigenvalue weighted by Crippen LogP contribution is 2.27. The van der Waals surface area contributed by atoms with Crippen LogP contribution in [0.3, 0.4) is 0 Å². The molecule has 0 spiro atoms. The van der Waals surface area contributed by atoms with Crippen LogP contribution in [0.5, 0.6) is 0 Å². The highest BCUT2D eigenvalue weighted by molar-refractivity contribution is 9.10. The lowest BCUT2D eigenvalue weighted by Crippen LogP contribution is -2.34. The number of hydrogen-bond acceptors (Lipinski definition) is 2. The molecule has 0 unspecified atom stereocenters. The number of carbonyl (C=O) groups is 1. The maximum absolute atomic E-state index is 11.8. The molecule has 1 amide bonds. The smallest absolute Gasteiger partial charge is 0.414 e. The summed E-state index contributed by atoms with van der Waals surface area (Å²) in [5, 5.41) is 0.603. The molecule has 17 heavy (non-hydrogen) atoms. The summed E-state index contributed by atoms with van der Waals surface area (Å²) in [6, 6.07) is 5.26. The van der Waals surface area contributed by atoms with E-state index in [0.29, 0.717) is 5.02 Å². The van der Waals surface area contributed by atoms with E-state index in [-0.39, 0.29) is 0 Å². The fourth-order valence-corrected chi connectivity index (χ4v) is 1.61. The largest absolute Gasteiger partial charge is 0.443 e.